The Labute approximate surface area is 217 Å². The highest BCUT2D eigenvalue weighted by molar-refractivity contribution is 7.10. The molecule has 1 aliphatic heterocycles. The molecule has 192 valence electrons. The van der Waals surface area contributed by atoms with Crippen molar-refractivity contribution in [1.29, 1.82) is 0 Å². The highest BCUT2D eigenvalue weighted by Crippen LogP contribution is 2.34. The molecule has 3 heterocycles. The second-order valence-corrected chi connectivity index (χ2v) is 10.9. The number of amides is 2. The maximum atomic E-state index is 13.7. The van der Waals surface area contributed by atoms with Crippen LogP contribution in [0.15, 0.2) is 58.5 Å². The average Bonchev–Trinajstić information content (AvgIpc) is 3.59. The van der Waals surface area contributed by atoms with Crippen LogP contribution in [0.1, 0.15) is 72.6 Å². The maximum Gasteiger partial charge on any atom is 0.290 e. The summed E-state index contributed by atoms with van der Waals surface area (Å²) in [5, 5.41) is 2.08. The predicted octanol–water partition coefficient (Wildman–Crippen LogP) is 6.16. The van der Waals surface area contributed by atoms with Crippen LogP contribution in [0.3, 0.4) is 0 Å². The summed E-state index contributed by atoms with van der Waals surface area (Å²) in [6.07, 6.45) is 3.22. The third kappa shape index (κ3) is 6.01. The number of nitrogens with zero attached hydrogens (tertiary/aromatic N) is 2. The van der Waals surface area contributed by atoms with E-state index in [-0.39, 0.29) is 36.1 Å². The Morgan fingerprint density at radius 1 is 1.17 bits per heavy atom. The smallest absolute Gasteiger partial charge is 0.290 e. The number of hydrogen-bond acceptors (Lipinski definition) is 5. The molecule has 0 unspecified atom stereocenters. The van der Waals surface area contributed by atoms with Gasteiger partial charge in [-0.15, -0.1) is 11.3 Å². The van der Waals surface area contributed by atoms with Crippen molar-refractivity contribution < 1.29 is 18.7 Å². The molecule has 3 aromatic rings. The first-order chi connectivity index (χ1) is 17.4. The van der Waals surface area contributed by atoms with Gasteiger partial charge in [-0.25, -0.2) is 0 Å². The SMILES string of the molecule is CC[C@H](C)CN(CC(=O)N1CCc2sccc2[C@@H]1COc1ccc(C(C)C)cc1)C(=O)c1ccco1. The van der Waals surface area contributed by atoms with Gasteiger partial charge in [0, 0.05) is 18.0 Å². The summed E-state index contributed by atoms with van der Waals surface area (Å²) in [4.78, 5) is 31.6. The van der Waals surface area contributed by atoms with E-state index in [9.17, 15) is 9.59 Å². The van der Waals surface area contributed by atoms with Gasteiger partial charge in [0.25, 0.3) is 5.91 Å². The molecule has 0 saturated carbocycles. The van der Waals surface area contributed by atoms with Gasteiger partial charge >= 0.3 is 0 Å². The van der Waals surface area contributed by atoms with Crippen molar-refractivity contribution in [2.45, 2.75) is 52.5 Å². The van der Waals surface area contributed by atoms with Crippen LogP contribution in [-0.2, 0) is 11.2 Å². The van der Waals surface area contributed by atoms with Crippen LogP contribution in [0.25, 0.3) is 0 Å². The van der Waals surface area contributed by atoms with Crippen molar-refractivity contribution in [3.8, 4) is 5.75 Å². The fraction of sp³-hybridized carbons (Fsp3) is 0.448. The Hall–Kier alpha value is -3.06. The van der Waals surface area contributed by atoms with Crippen LogP contribution < -0.4 is 4.74 Å². The second-order valence-electron chi connectivity index (χ2n) is 9.86. The normalized spacial score (nSPS) is 16.0. The third-order valence-corrected chi connectivity index (χ3v) is 7.94. The molecular formula is C29H36N2O4S. The largest absolute Gasteiger partial charge is 0.491 e. The lowest BCUT2D eigenvalue weighted by atomic mass is 10.00. The molecule has 1 aromatic carbocycles. The van der Waals surface area contributed by atoms with Crippen LogP contribution in [0.4, 0.5) is 0 Å². The van der Waals surface area contributed by atoms with E-state index in [1.165, 1.54) is 16.7 Å². The van der Waals surface area contributed by atoms with E-state index in [1.807, 2.05) is 17.0 Å². The first-order valence-corrected chi connectivity index (χ1v) is 13.7. The van der Waals surface area contributed by atoms with Crippen molar-refractivity contribution in [3.05, 3.63) is 75.9 Å². The Morgan fingerprint density at radius 2 is 1.94 bits per heavy atom. The summed E-state index contributed by atoms with van der Waals surface area (Å²) >= 11 is 1.73. The summed E-state index contributed by atoms with van der Waals surface area (Å²) in [5.74, 6) is 1.46. The number of fused-ring (bicyclic) bond motifs is 1. The standard InChI is InChI=1S/C29H36N2O4S/c1-5-21(4)17-30(29(33)26-7-6-15-34-26)18-28(32)31-14-12-27-24(13-16-36-27)25(31)19-35-23-10-8-22(9-11-23)20(2)3/h6-11,13,15-16,20-21,25H,5,12,14,17-19H2,1-4H3/t21-,25-/m0/s1. The number of carbonyl (C=O) groups excluding carboxylic acids is 2. The molecule has 2 amide bonds. The molecule has 0 aliphatic carbocycles. The topological polar surface area (TPSA) is 63.0 Å². The minimum absolute atomic E-state index is 0.0168. The highest BCUT2D eigenvalue weighted by Gasteiger charge is 2.34. The monoisotopic (exact) mass is 508 g/mol. The number of benzene rings is 1. The Morgan fingerprint density at radius 3 is 2.61 bits per heavy atom. The molecule has 36 heavy (non-hydrogen) atoms. The van der Waals surface area contributed by atoms with E-state index < -0.39 is 0 Å². The zero-order valence-electron chi connectivity index (χ0n) is 21.6. The molecule has 0 radical (unpaired) electrons. The second kappa shape index (κ2) is 11.8. The van der Waals surface area contributed by atoms with E-state index in [2.05, 4.69) is 51.3 Å². The summed E-state index contributed by atoms with van der Waals surface area (Å²) in [6.45, 7) is 10.0. The zero-order chi connectivity index (χ0) is 25.7. The van der Waals surface area contributed by atoms with Gasteiger partial charge < -0.3 is 19.0 Å². The van der Waals surface area contributed by atoms with E-state index in [4.69, 9.17) is 9.15 Å². The quantitative estimate of drug-likeness (QED) is 0.329. The van der Waals surface area contributed by atoms with Gasteiger partial charge in [0.05, 0.1) is 12.3 Å². The van der Waals surface area contributed by atoms with Gasteiger partial charge in [0.1, 0.15) is 18.9 Å². The molecule has 0 N–H and O–H groups in total. The molecular weight excluding hydrogens is 472 g/mol. The Balaban J connectivity index is 1.51. The number of furan rings is 1. The van der Waals surface area contributed by atoms with E-state index in [0.717, 1.165) is 24.2 Å². The maximum absolute atomic E-state index is 13.7. The summed E-state index contributed by atoms with van der Waals surface area (Å²) in [6, 6.07) is 13.4. The van der Waals surface area contributed by atoms with Gasteiger partial charge in [-0.05, 0) is 65.1 Å². The number of thiophene rings is 1. The van der Waals surface area contributed by atoms with Crippen LogP contribution in [0.5, 0.6) is 5.75 Å². The summed E-state index contributed by atoms with van der Waals surface area (Å²) < 4.78 is 11.5. The average molecular weight is 509 g/mol. The molecule has 7 heteroatoms. The lowest BCUT2D eigenvalue weighted by Crippen LogP contribution is -2.48. The lowest BCUT2D eigenvalue weighted by molar-refractivity contribution is -0.135. The molecule has 0 bridgehead atoms. The molecule has 4 rings (SSSR count). The molecule has 6 nitrogen and oxygen atoms in total. The van der Waals surface area contributed by atoms with Gasteiger partial charge in [0.2, 0.25) is 5.91 Å². The molecule has 0 saturated heterocycles. The van der Waals surface area contributed by atoms with Crippen molar-refractivity contribution in [2.75, 3.05) is 26.2 Å². The van der Waals surface area contributed by atoms with Crippen LogP contribution in [-0.4, -0.2) is 47.9 Å². The first-order valence-electron chi connectivity index (χ1n) is 12.8. The molecule has 2 aromatic heterocycles. The molecule has 0 fully saturated rings. The minimum Gasteiger partial charge on any atom is -0.491 e. The number of ether oxygens (including phenoxy) is 1. The number of hydrogen-bond donors (Lipinski definition) is 0. The van der Waals surface area contributed by atoms with Gasteiger partial charge in [-0.2, -0.15) is 0 Å². The van der Waals surface area contributed by atoms with Crippen LogP contribution >= 0.6 is 11.3 Å². The van der Waals surface area contributed by atoms with Crippen LogP contribution in [0.2, 0.25) is 0 Å². The number of rotatable bonds is 10. The highest BCUT2D eigenvalue weighted by atomic mass is 32.1. The first kappa shape index (κ1) is 26.0. The number of carbonyl (C=O) groups is 2. The Bertz CT molecular complexity index is 1140. The van der Waals surface area contributed by atoms with Crippen molar-refractivity contribution in [1.82, 2.24) is 9.80 Å². The lowest BCUT2D eigenvalue weighted by Gasteiger charge is -2.37. The molecule has 2 atom stereocenters. The summed E-state index contributed by atoms with van der Waals surface area (Å²) in [7, 11) is 0. The van der Waals surface area contributed by atoms with E-state index in [0.29, 0.717) is 25.6 Å². The zero-order valence-corrected chi connectivity index (χ0v) is 22.4. The van der Waals surface area contributed by atoms with E-state index in [1.54, 1.807) is 28.4 Å². The van der Waals surface area contributed by atoms with Gasteiger partial charge in [-0.1, -0.05) is 46.2 Å². The third-order valence-electron chi connectivity index (χ3n) is 6.94. The fourth-order valence-electron chi connectivity index (χ4n) is 4.53. The van der Waals surface area contributed by atoms with Crippen molar-refractivity contribution in [2.24, 2.45) is 5.92 Å². The molecule has 0 spiro atoms. The predicted molar refractivity (Wildman–Crippen MR) is 143 cm³/mol. The van der Waals surface area contributed by atoms with Crippen LogP contribution in [0, 0.1) is 5.92 Å². The fourth-order valence-corrected chi connectivity index (χ4v) is 5.46. The summed E-state index contributed by atoms with van der Waals surface area (Å²) in [5.41, 5.74) is 2.41. The van der Waals surface area contributed by atoms with Crippen molar-refractivity contribution >= 4 is 23.2 Å². The Kier molecular flexibility index (Phi) is 8.52. The van der Waals surface area contributed by atoms with Gasteiger partial charge in [0.15, 0.2) is 5.76 Å². The minimum atomic E-state index is -0.250. The molecule has 1 aliphatic rings. The van der Waals surface area contributed by atoms with E-state index >= 15 is 0 Å². The van der Waals surface area contributed by atoms with Crippen molar-refractivity contribution in [3.63, 3.8) is 0 Å². The van der Waals surface area contributed by atoms with Gasteiger partial charge in [-0.3, -0.25) is 9.59 Å².